The summed E-state index contributed by atoms with van der Waals surface area (Å²) < 4.78 is 0. The predicted octanol–water partition coefficient (Wildman–Crippen LogP) is 4.98. The number of nitrogens with one attached hydrogen (secondary N) is 1. The van der Waals surface area contributed by atoms with Gasteiger partial charge in [0.25, 0.3) is 0 Å². The Morgan fingerprint density at radius 3 is 2.89 bits per heavy atom. The Morgan fingerprint density at radius 2 is 2.16 bits per heavy atom. The zero-order valence-electron chi connectivity index (χ0n) is 11.5. The molecule has 1 saturated carbocycles. The van der Waals surface area contributed by atoms with Crippen molar-refractivity contribution in [2.24, 2.45) is 5.92 Å². The molecule has 2 nitrogen and oxygen atoms in total. The maximum absolute atomic E-state index is 9.14. The molecular weight excluding hydrogens is 256 g/mol. The lowest BCUT2D eigenvalue weighted by Crippen LogP contribution is -2.19. The van der Waals surface area contributed by atoms with Crippen LogP contribution in [-0.2, 0) is 0 Å². The van der Waals surface area contributed by atoms with E-state index in [9.17, 15) is 0 Å². The van der Waals surface area contributed by atoms with E-state index in [-0.39, 0.29) is 0 Å². The number of anilines is 1. The van der Waals surface area contributed by atoms with Crippen molar-refractivity contribution in [2.75, 3.05) is 5.32 Å². The second-order valence-electron chi connectivity index (χ2n) is 5.43. The highest BCUT2D eigenvalue weighted by Crippen LogP contribution is 2.29. The highest BCUT2D eigenvalue weighted by atomic mass is 35.5. The molecule has 1 N–H and O–H groups in total. The first-order valence-corrected chi connectivity index (χ1v) is 7.57. The Labute approximate surface area is 120 Å². The van der Waals surface area contributed by atoms with E-state index in [4.69, 9.17) is 16.9 Å². The largest absolute Gasteiger partial charge is 0.381 e. The zero-order chi connectivity index (χ0) is 13.7. The minimum absolute atomic E-state index is 0.474. The summed E-state index contributed by atoms with van der Waals surface area (Å²) in [5.74, 6) is 0.876. The van der Waals surface area contributed by atoms with Crippen LogP contribution in [0.25, 0.3) is 0 Å². The molecule has 0 saturated heterocycles. The molecule has 1 aliphatic rings. The third-order valence-electron chi connectivity index (χ3n) is 4.13. The molecule has 102 valence electrons. The molecule has 3 heteroatoms. The molecule has 1 fully saturated rings. The lowest BCUT2D eigenvalue weighted by atomic mass is 9.98. The third-order valence-corrected chi connectivity index (χ3v) is 4.36. The van der Waals surface area contributed by atoms with Gasteiger partial charge in [-0.25, -0.2) is 0 Å². The van der Waals surface area contributed by atoms with Crippen molar-refractivity contribution in [3.63, 3.8) is 0 Å². The van der Waals surface area contributed by atoms with Gasteiger partial charge in [-0.05, 0) is 43.4 Å². The molecule has 2 atom stereocenters. The highest BCUT2D eigenvalue weighted by molar-refractivity contribution is 6.30. The van der Waals surface area contributed by atoms with E-state index in [0.717, 1.165) is 11.6 Å². The van der Waals surface area contributed by atoms with Gasteiger partial charge < -0.3 is 5.32 Å². The van der Waals surface area contributed by atoms with Crippen LogP contribution in [0.4, 0.5) is 5.69 Å². The highest BCUT2D eigenvalue weighted by Gasteiger charge is 2.18. The average molecular weight is 277 g/mol. The first-order chi connectivity index (χ1) is 9.22. The molecule has 2 rings (SSSR count). The van der Waals surface area contributed by atoms with Crippen molar-refractivity contribution in [3.05, 3.63) is 28.8 Å². The van der Waals surface area contributed by atoms with Gasteiger partial charge in [-0.2, -0.15) is 5.26 Å². The number of hydrogen-bond donors (Lipinski definition) is 1. The quantitative estimate of drug-likeness (QED) is 0.790. The molecule has 0 amide bonds. The zero-order valence-corrected chi connectivity index (χ0v) is 12.2. The molecule has 2 unspecified atom stereocenters. The number of halogens is 1. The molecule has 19 heavy (non-hydrogen) atoms. The van der Waals surface area contributed by atoms with Gasteiger partial charge in [0.05, 0.1) is 11.3 Å². The van der Waals surface area contributed by atoms with Crippen LogP contribution in [0.15, 0.2) is 18.2 Å². The van der Waals surface area contributed by atoms with Gasteiger partial charge >= 0.3 is 0 Å². The molecule has 0 spiro atoms. The monoisotopic (exact) mass is 276 g/mol. The van der Waals surface area contributed by atoms with Gasteiger partial charge in [0.1, 0.15) is 6.07 Å². The Hall–Kier alpha value is -1.20. The van der Waals surface area contributed by atoms with Gasteiger partial charge in [-0.1, -0.05) is 37.8 Å². The van der Waals surface area contributed by atoms with E-state index in [1.807, 2.05) is 6.07 Å². The molecule has 0 aliphatic heterocycles. The van der Waals surface area contributed by atoms with E-state index < -0.39 is 0 Å². The van der Waals surface area contributed by atoms with Gasteiger partial charge in [-0.3, -0.25) is 0 Å². The predicted molar refractivity (Wildman–Crippen MR) is 80.4 cm³/mol. The molecule has 1 aliphatic carbocycles. The summed E-state index contributed by atoms with van der Waals surface area (Å²) in [5, 5.41) is 13.3. The number of nitriles is 1. The van der Waals surface area contributed by atoms with E-state index in [1.54, 1.807) is 12.1 Å². The van der Waals surface area contributed by atoms with Gasteiger partial charge in [0.15, 0.2) is 0 Å². The summed E-state index contributed by atoms with van der Waals surface area (Å²) in [4.78, 5) is 0. The van der Waals surface area contributed by atoms with Crippen molar-refractivity contribution >= 4 is 17.3 Å². The minimum Gasteiger partial charge on any atom is -0.381 e. The van der Waals surface area contributed by atoms with E-state index in [0.29, 0.717) is 16.6 Å². The Balaban J connectivity index is 2.05. The Bertz CT molecular complexity index is 464. The second kappa shape index (κ2) is 6.82. The summed E-state index contributed by atoms with van der Waals surface area (Å²) in [7, 11) is 0. The first kappa shape index (κ1) is 14.2. The number of benzene rings is 1. The summed E-state index contributed by atoms with van der Waals surface area (Å²) in [6.07, 6.45) is 7.57. The van der Waals surface area contributed by atoms with Gasteiger partial charge in [0.2, 0.25) is 0 Å². The third kappa shape index (κ3) is 3.88. The SMILES string of the molecule is CCC1CCCC(Nc2cc(Cl)ccc2C#N)CC1. The fourth-order valence-electron chi connectivity index (χ4n) is 2.88. The molecule has 0 heterocycles. The molecule has 1 aromatic carbocycles. The van der Waals surface area contributed by atoms with Gasteiger partial charge in [-0.15, -0.1) is 0 Å². The minimum atomic E-state index is 0.474. The van der Waals surface area contributed by atoms with Crippen LogP contribution in [0.3, 0.4) is 0 Å². The number of hydrogen-bond acceptors (Lipinski definition) is 2. The van der Waals surface area contributed by atoms with Crippen molar-refractivity contribution in [3.8, 4) is 6.07 Å². The van der Waals surface area contributed by atoms with E-state index >= 15 is 0 Å². The van der Waals surface area contributed by atoms with Crippen LogP contribution < -0.4 is 5.32 Å². The molecule has 1 aromatic rings. The topological polar surface area (TPSA) is 35.8 Å². The Kier molecular flexibility index (Phi) is 5.10. The standard InChI is InChI=1S/C16H21ClN2/c1-2-12-4-3-5-15(9-6-12)19-16-10-14(17)8-7-13(16)11-18/h7-8,10,12,15,19H,2-6,9H2,1H3. The average Bonchev–Trinajstić information content (AvgIpc) is 2.64. The van der Waals surface area contributed by atoms with Crippen LogP contribution in [0, 0.1) is 17.2 Å². The van der Waals surface area contributed by atoms with Crippen molar-refractivity contribution in [1.29, 1.82) is 5.26 Å². The van der Waals surface area contributed by atoms with Crippen molar-refractivity contribution < 1.29 is 0 Å². The van der Waals surface area contributed by atoms with Crippen LogP contribution in [-0.4, -0.2) is 6.04 Å². The van der Waals surface area contributed by atoms with Crippen LogP contribution in [0.2, 0.25) is 5.02 Å². The molecular formula is C16H21ClN2. The smallest absolute Gasteiger partial charge is 0.101 e. The van der Waals surface area contributed by atoms with E-state index in [1.165, 1.54) is 38.5 Å². The van der Waals surface area contributed by atoms with Crippen LogP contribution in [0.1, 0.15) is 51.0 Å². The van der Waals surface area contributed by atoms with Crippen molar-refractivity contribution in [2.45, 2.75) is 51.5 Å². The molecule has 0 radical (unpaired) electrons. The second-order valence-corrected chi connectivity index (χ2v) is 5.86. The fraction of sp³-hybridized carbons (Fsp3) is 0.562. The Morgan fingerprint density at radius 1 is 1.32 bits per heavy atom. The summed E-state index contributed by atoms with van der Waals surface area (Å²) in [5.41, 5.74) is 1.57. The maximum Gasteiger partial charge on any atom is 0.101 e. The lowest BCUT2D eigenvalue weighted by Gasteiger charge is -2.19. The summed E-state index contributed by atoms with van der Waals surface area (Å²) >= 11 is 6.02. The van der Waals surface area contributed by atoms with Crippen LogP contribution >= 0.6 is 11.6 Å². The number of nitrogens with zero attached hydrogens (tertiary/aromatic N) is 1. The fourth-order valence-corrected chi connectivity index (χ4v) is 3.06. The lowest BCUT2D eigenvalue weighted by molar-refractivity contribution is 0.444. The van der Waals surface area contributed by atoms with E-state index in [2.05, 4.69) is 18.3 Å². The summed E-state index contributed by atoms with van der Waals surface area (Å²) in [6, 6.07) is 8.12. The van der Waals surface area contributed by atoms with Crippen LogP contribution in [0.5, 0.6) is 0 Å². The molecule has 0 aromatic heterocycles. The molecule has 0 bridgehead atoms. The number of rotatable bonds is 3. The van der Waals surface area contributed by atoms with Gasteiger partial charge in [0, 0.05) is 11.1 Å². The van der Waals surface area contributed by atoms with Crippen molar-refractivity contribution in [1.82, 2.24) is 0 Å². The first-order valence-electron chi connectivity index (χ1n) is 7.19. The summed E-state index contributed by atoms with van der Waals surface area (Å²) in [6.45, 7) is 2.28. The maximum atomic E-state index is 9.14. The normalized spacial score (nSPS) is 23.4.